The zero-order chi connectivity index (χ0) is 29.0. The second kappa shape index (κ2) is 9.96. The molecule has 1 aliphatic rings. The Morgan fingerprint density at radius 2 is 1.00 bits per heavy atom. The van der Waals surface area contributed by atoms with Crippen LogP contribution in [0.1, 0.15) is 17.7 Å². The third-order valence-electron chi connectivity index (χ3n) is 8.98. The Kier molecular flexibility index (Phi) is 5.63. The predicted molar refractivity (Wildman–Crippen MR) is 184 cm³/mol. The number of fused-ring (bicyclic) bond motifs is 6. The van der Waals surface area contributed by atoms with E-state index in [-0.39, 0.29) is 0 Å². The SMILES string of the molecule is C1=Cc2c(n(-c3cccc(-c4cccc(-c5cccc(-n6c7ccccc7c7ccccc76)c5)n4)c3)c3ccccc23)CC1. The summed E-state index contributed by atoms with van der Waals surface area (Å²) in [6.45, 7) is 0. The van der Waals surface area contributed by atoms with Crippen molar-refractivity contribution in [2.75, 3.05) is 0 Å². The fraction of sp³-hybridized carbons (Fsp3) is 0.0488. The molecule has 3 aromatic heterocycles. The van der Waals surface area contributed by atoms with Crippen LogP contribution in [0.2, 0.25) is 0 Å². The van der Waals surface area contributed by atoms with Gasteiger partial charge in [0.25, 0.3) is 0 Å². The molecule has 9 rings (SSSR count). The van der Waals surface area contributed by atoms with Crippen molar-refractivity contribution in [1.82, 2.24) is 14.1 Å². The van der Waals surface area contributed by atoms with Gasteiger partial charge in [0, 0.05) is 49.9 Å². The summed E-state index contributed by atoms with van der Waals surface area (Å²) in [5, 5.41) is 3.84. The Morgan fingerprint density at radius 3 is 1.64 bits per heavy atom. The van der Waals surface area contributed by atoms with E-state index in [1.54, 1.807) is 0 Å². The molecule has 0 amide bonds. The van der Waals surface area contributed by atoms with Gasteiger partial charge in [-0.1, -0.05) is 97.1 Å². The van der Waals surface area contributed by atoms with E-state index >= 15 is 0 Å². The van der Waals surface area contributed by atoms with Gasteiger partial charge in [-0.3, -0.25) is 0 Å². The molecule has 0 saturated carbocycles. The predicted octanol–water partition coefficient (Wildman–Crippen LogP) is 10.4. The third-order valence-corrected chi connectivity index (χ3v) is 8.98. The zero-order valence-corrected chi connectivity index (χ0v) is 24.2. The summed E-state index contributed by atoms with van der Waals surface area (Å²) in [4.78, 5) is 5.20. The molecular weight excluding hydrogens is 534 g/mol. The standard InChI is InChI=1S/C41H29N3/c1-5-22-38-32(16-1)33-17-2-6-23-39(33)43(38)30-14-9-12-28(26-30)36-20-11-21-37(42-36)29-13-10-15-31(27-29)44-40-24-7-3-18-34(40)35-19-4-8-25-41(35)44/h1-7,9-24,26-27H,8,25H2. The number of aromatic nitrogens is 3. The molecule has 208 valence electrons. The summed E-state index contributed by atoms with van der Waals surface area (Å²) in [5.41, 5.74) is 12.9. The molecule has 8 aromatic rings. The van der Waals surface area contributed by atoms with Crippen molar-refractivity contribution in [2.24, 2.45) is 0 Å². The van der Waals surface area contributed by atoms with Gasteiger partial charge in [-0.2, -0.15) is 0 Å². The van der Waals surface area contributed by atoms with E-state index in [1.807, 2.05) is 0 Å². The molecule has 5 aromatic carbocycles. The molecule has 0 saturated heterocycles. The zero-order valence-electron chi connectivity index (χ0n) is 24.2. The summed E-state index contributed by atoms with van der Waals surface area (Å²) in [6.07, 6.45) is 6.70. The lowest BCUT2D eigenvalue weighted by Gasteiger charge is -2.15. The fourth-order valence-electron chi connectivity index (χ4n) is 7.03. The second-order valence-electron chi connectivity index (χ2n) is 11.5. The number of hydrogen-bond acceptors (Lipinski definition) is 1. The van der Waals surface area contributed by atoms with Crippen LogP contribution in [-0.4, -0.2) is 14.1 Å². The number of hydrogen-bond donors (Lipinski definition) is 0. The van der Waals surface area contributed by atoms with E-state index in [4.69, 9.17) is 4.98 Å². The topological polar surface area (TPSA) is 22.8 Å². The van der Waals surface area contributed by atoms with Gasteiger partial charge in [0.15, 0.2) is 0 Å². The van der Waals surface area contributed by atoms with Crippen LogP contribution in [0.15, 0.2) is 146 Å². The maximum atomic E-state index is 5.20. The second-order valence-corrected chi connectivity index (χ2v) is 11.5. The molecule has 1 aliphatic carbocycles. The molecule has 0 spiro atoms. The Bertz CT molecular complexity index is 2350. The molecule has 3 heterocycles. The van der Waals surface area contributed by atoms with Gasteiger partial charge in [-0.25, -0.2) is 4.98 Å². The van der Waals surface area contributed by atoms with Gasteiger partial charge in [0.05, 0.1) is 27.9 Å². The summed E-state index contributed by atoms with van der Waals surface area (Å²) in [7, 11) is 0. The van der Waals surface area contributed by atoms with Crippen LogP contribution in [0.25, 0.3) is 72.7 Å². The van der Waals surface area contributed by atoms with Crippen LogP contribution < -0.4 is 0 Å². The van der Waals surface area contributed by atoms with Gasteiger partial charge < -0.3 is 9.13 Å². The highest BCUT2D eigenvalue weighted by atomic mass is 15.0. The maximum absolute atomic E-state index is 5.20. The Morgan fingerprint density at radius 1 is 0.477 bits per heavy atom. The first kappa shape index (κ1) is 24.9. The first-order valence-corrected chi connectivity index (χ1v) is 15.3. The van der Waals surface area contributed by atoms with Crippen molar-refractivity contribution >= 4 is 38.8 Å². The van der Waals surface area contributed by atoms with E-state index in [0.29, 0.717) is 0 Å². The highest BCUT2D eigenvalue weighted by Gasteiger charge is 2.19. The van der Waals surface area contributed by atoms with E-state index in [9.17, 15) is 0 Å². The number of nitrogens with zero attached hydrogens (tertiary/aromatic N) is 3. The van der Waals surface area contributed by atoms with Gasteiger partial charge in [-0.15, -0.1) is 0 Å². The molecule has 3 nitrogen and oxygen atoms in total. The minimum Gasteiger partial charge on any atom is -0.313 e. The normalized spacial score (nSPS) is 12.7. The quantitative estimate of drug-likeness (QED) is 0.209. The summed E-state index contributed by atoms with van der Waals surface area (Å²) in [6, 6.07) is 49.9. The minimum absolute atomic E-state index is 0.962. The lowest BCUT2D eigenvalue weighted by atomic mass is 10.0. The van der Waals surface area contributed by atoms with Crippen LogP contribution >= 0.6 is 0 Å². The number of rotatable bonds is 4. The molecule has 0 aliphatic heterocycles. The Balaban J connectivity index is 1.14. The summed E-state index contributed by atoms with van der Waals surface area (Å²) < 4.78 is 4.80. The first-order chi connectivity index (χ1) is 21.8. The largest absolute Gasteiger partial charge is 0.313 e. The van der Waals surface area contributed by atoms with Crippen molar-refractivity contribution in [3.05, 3.63) is 157 Å². The van der Waals surface area contributed by atoms with Gasteiger partial charge in [0.1, 0.15) is 0 Å². The van der Waals surface area contributed by atoms with E-state index in [1.165, 1.54) is 49.7 Å². The monoisotopic (exact) mass is 563 g/mol. The smallest absolute Gasteiger partial charge is 0.0710 e. The summed E-state index contributed by atoms with van der Waals surface area (Å²) in [5.74, 6) is 0. The van der Waals surface area contributed by atoms with Crippen molar-refractivity contribution in [3.63, 3.8) is 0 Å². The number of allylic oxidation sites excluding steroid dienone is 1. The molecular formula is C41H29N3. The van der Waals surface area contributed by atoms with Gasteiger partial charge in [0.2, 0.25) is 0 Å². The Labute approximate surface area is 256 Å². The van der Waals surface area contributed by atoms with Crippen LogP contribution in [0, 0.1) is 0 Å². The van der Waals surface area contributed by atoms with Crippen LogP contribution in [0.3, 0.4) is 0 Å². The fourth-order valence-corrected chi connectivity index (χ4v) is 7.03. The first-order valence-electron chi connectivity index (χ1n) is 15.3. The van der Waals surface area contributed by atoms with Crippen molar-refractivity contribution in [1.29, 1.82) is 0 Å². The highest BCUT2D eigenvalue weighted by molar-refractivity contribution is 6.09. The lowest BCUT2D eigenvalue weighted by Crippen LogP contribution is -2.03. The molecule has 0 unspecified atom stereocenters. The number of para-hydroxylation sites is 3. The molecule has 0 atom stereocenters. The number of benzene rings is 5. The van der Waals surface area contributed by atoms with E-state index in [0.717, 1.165) is 41.0 Å². The highest BCUT2D eigenvalue weighted by Crippen LogP contribution is 2.36. The maximum Gasteiger partial charge on any atom is 0.0710 e. The average molecular weight is 564 g/mol. The van der Waals surface area contributed by atoms with Crippen molar-refractivity contribution < 1.29 is 0 Å². The van der Waals surface area contributed by atoms with Crippen molar-refractivity contribution in [2.45, 2.75) is 12.8 Å². The number of pyridine rings is 1. The molecule has 3 heteroatoms. The van der Waals surface area contributed by atoms with Crippen LogP contribution in [0.4, 0.5) is 0 Å². The lowest BCUT2D eigenvalue weighted by molar-refractivity contribution is 0.888. The summed E-state index contributed by atoms with van der Waals surface area (Å²) >= 11 is 0. The Hall–Kier alpha value is -5.67. The van der Waals surface area contributed by atoms with Crippen molar-refractivity contribution in [3.8, 4) is 33.9 Å². The molecule has 0 N–H and O–H groups in total. The minimum atomic E-state index is 0.962. The average Bonchev–Trinajstić information content (AvgIpc) is 3.62. The van der Waals surface area contributed by atoms with Crippen LogP contribution in [-0.2, 0) is 6.42 Å². The molecule has 0 radical (unpaired) electrons. The van der Waals surface area contributed by atoms with Gasteiger partial charge in [-0.05, 0) is 67.4 Å². The molecule has 0 fully saturated rings. The molecule has 0 bridgehead atoms. The van der Waals surface area contributed by atoms with Gasteiger partial charge >= 0.3 is 0 Å². The molecule has 44 heavy (non-hydrogen) atoms. The third kappa shape index (κ3) is 3.86. The van der Waals surface area contributed by atoms with E-state index < -0.39 is 0 Å². The van der Waals surface area contributed by atoms with Crippen LogP contribution in [0.5, 0.6) is 0 Å². The van der Waals surface area contributed by atoms with E-state index in [2.05, 4.69) is 161 Å².